The average Bonchev–Trinajstić information content (AvgIpc) is 2.68. The predicted molar refractivity (Wildman–Crippen MR) is 126 cm³/mol. The quantitative estimate of drug-likeness (QED) is 0.116. The van der Waals surface area contributed by atoms with E-state index in [-0.39, 0.29) is 29.6 Å². The van der Waals surface area contributed by atoms with Crippen LogP contribution in [0, 0.1) is 0 Å². The predicted octanol–water partition coefficient (Wildman–Crippen LogP) is 5.53. The van der Waals surface area contributed by atoms with Crippen molar-refractivity contribution in [2.24, 2.45) is 0 Å². The molecule has 0 aromatic carbocycles. The van der Waals surface area contributed by atoms with Crippen molar-refractivity contribution in [1.29, 1.82) is 0 Å². The molecule has 0 aliphatic carbocycles. The Balaban J connectivity index is 0. The van der Waals surface area contributed by atoms with Crippen LogP contribution >= 0.6 is 0 Å². The fourth-order valence-corrected chi connectivity index (χ4v) is 5.06. The molecule has 0 saturated carbocycles. The second-order valence-electron chi connectivity index (χ2n) is 9.06. The van der Waals surface area contributed by atoms with Crippen molar-refractivity contribution in [3.63, 3.8) is 0 Å². The molecule has 0 amide bonds. The van der Waals surface area contributed by atoms with Crippen LogP contribution in [0.5, 0.6) is 0 Å². The van der Waals surface area contributed by atoms with Gasteiger partial charge in [0.2, 0.25) is 0 Å². The monoisotopic (exact) mass is 454 g/mol. The Bertz CT molecular complexity index is 426. The molecule has 1 atom stereocenters. The van der Waals surface area contributed by atoms with Crippen LogP contribution in [0.15, 0.2) is 0 Å². The van der Waals surface area contributed by atoms with Gasteiger partial charge < -0.3 is 4.55 Å². The third kappa shape index (κ3) is 23.6. The molecular formula is C25H51NaO3S. The molecule has 0 saturated heterocycles. The van der Waals surface area contributed by atoms with E-state index in [1.54, 1.807) is 0 Å². The molecule has 0 radical (unpaired) electrons. The molecule has 0 aliphatic heterocycles. The van der Waals surface area contributed by atoms with Crippen molar-refractivity contribution >= 4 is 10.1 Å². The number of hydrogen-bond acceptors (Lipinski definition) is 3. The molecule has 30 heavy (non-hydrogen) atoms. The summed E-state index contributed by atoms with van der Waals surface area (Å²) >= 11 is 0. The first-order chi connectivity index (χ1) is 14.0. The van der Waals surface area contributed by atoms with E-state index in [1.165, 1.54) is 103 Å². The summed E-state index contributed by atoms with van der Waals surface area (Å²) in [5.41, 5.74) is 0. The maximum atomic E-state index is 11.5. The number of rotatable bonds is 23. The van der Waals surface area contributed by atoms with Gasteiger partial charge in [-0.25, -0.2) is 8.42 Å². The second kappa shape index (κ2) is 24.6. The van der Waals surface area contributed by atoms with Gasteiger partial charge in [0.05, 0.1) is 10.1 Å². The van der Waals surface area contributed by atoms with Crippen molar-refractivity contribution < 1.29 is 42.5 Å². The molecular weight excluding hydrogens is 403 g/mol. The van der Waals surface area contributed by atoms with Gasteiger partial charge in [0, 0.05) is 5.25 Å². The van der Waals surface area contributed by atoms with Crippen molar-refractivity contribution in [1.82, 2.24) is 0 Å². The van der Waals surface area contributed by atoms with Crippen LogP contribution in [-0.4, -0.2) is 18.2 Å². The van der Waals surface area contributed by atoms with E-state index in [0.29, 0.717) is 12.8 Å². The normalized spacial score (nSPS) is 12.6. The van der Waals surface area contributed by atoms with Crippen LogP contribution in [0.1, 0.15) is 155 Å². The molecule has 0 aromatic heterocycles. The minimum Gasteiger partial charge on any atom is -0.748 e. The minimum absolute atomic E-state index is 0. The van der Waals surface area contributed by atoms with Crippen LogP contribution in [-0.2, 0) is 10.1 Å². The van der Waals surface area contributed by atoms with Gasteiger partial charge in [0.1, 0.15) is 0 Å². The minimum atomic E-state index is -4.13. The molecule has 0 fully saturated rings. The van der Waals surface area contributed by atoms with E-state index in [0.717, 1.165) is 25.7 Å². The molecule has 0 heterocycles. The van der Waals surface area contributed by atoms with E-state index < -0.39 is 15.4 Å². The summed E-state index contributed by atoms with van der Waals surface area (Å²) in [5, 5.41) is -0.647. The van der Waals surface area contributed by atoms with Crippen molar-refractivity contribution in [3.8, 4) is 0 Å². The molecule has 0 rings (SSSR count). The zero-order valence-electron chi connectivity index (χ0n) is 20.8. The van der Waals surface area contributed by atoms with Crippen LogP contribution in [0.2, 0.25) is 0 Å². The average molecular weight is 455 g/mol. The van der Waals surface area contributed by atoms with Gasteiger partial charge in [-0.15, -0.1) is 0 Å². The van der Waals surface area contributed by atoms with E-state index in [4.69, 9.17) is 0 Å². The summed E-state index contributed by atoms with van der Waals surface area (Å²) in [6, 6.07) is 0. The SMILES string of the molecule is CCCCCCCCCCCCCCCC(CCCCCCCCC)S(=O)(=O)[O-].[Na+]. The Hall–Kier alpha value is 0.910. The van der Waals surface area contributed by atoms with Gasteiger partial charge in [0.15, 0.2) is 0 Å². The molecule has 176 valence electrons. The molecule has 0 aliphatic rings. The topological polar surface area (TPSA) is 57.2 Å². The Kier molecular flexibility index (Phi) is 27.1. The van der Waals surface area contributed by atoms with Crippen molar-refractivity contribution in [2.45, 2.75) is 160 Å². The zero-order chi connectivity index (χ0) is 21.6. The summed E-state index contributed by atoms with van der Waals surface area (Å²) in [6.45, 7) is 4.47. The van der Waals surface area contributed by atoms with Crippen molar-refractivity contribution in [2.75, 3.05) is 0 Å². The maximum absolute atomic E-state index is 11.5. The van der Waals surface area contributed by atoms with Gasteiger partial charge in [-0.2, -0.15) is 0 Å². The summed E-state index contributed by atoms with van der Waals surface area (Å²) in [6.07, 6.45) is 26.0. The van der Waals surface area contributed by atoms with Crippen molar-refractivity contribution in [3.05, 3.63) is 0 Å². The first kappa shape index (κ1) is 33.1. The van der Waals surface area contributed by atoms with Gasteiger partial charge in [-0.1, -0.05) is 142 Å². The summed E-state index contributed by atoms with van der Waals surface area (Å²) in [4.78, 5) is 0. The molecule has 5 heteroatoms. The van der Waals surface area contributed by atoms with Crippen LogP contribution in [0.3, 0.4) is 0 Å². The van der Waals surface area contributed by atoms with Gasteiger partial charge in [-0.05, 0) is 12.8 Å². The molecule has 3 nitrogen and oxygen atoms in total. The van der Waals surface area contributed by atoms with Crippen LogP contribution in [0.25, 0.3) is 0 Å². The standard InChI is InChI=1S/C25H52O3S.Na/c1-3-5-7-9-11-12-13-14-15-16-18-20-22-24-25(29(26,27)28)23-21-19-17-10-8-6-4-2;/h25H,3-24H2,1-2H3,(H,26,27,28);/q;+1/p-1. The van der Waals surface area contributed by atoms with Crippen LogP contribution in [0.4, 0.5) is 0 Å². The smallest absolute Gasteiger partial charge is 0.748 e. The molecule has 1 unspecified atom stereocenters. The Labute approximate surface area is 212 Å². The largest absolute Gasteiger partial charge is 1.00 e. The van der Waals surface area contributed by atoms with Gasteiger partial charge >= 0.3 is 29.6 Å². The fraction of sp³-hybridized carbons (Fsp3) is 1.00. The molecule has 0 bridgehead atoms. The van der Waals surface area contributed by atoms with E-state index >= 15 is 0 Å². The first-order valence-corrected chi connectivity index (χ1v) is 14.4. The Morgan fingerprint density at radius 2 is 0.733 bits per heavy atom. The second-order valence-corrected chi connectivity index (χ2v) is 10.7. The summed E-state index contributed by atoms with van der Waals surface area (Å²) in [5.74, 6) is 0. The first-order valence-electron chi connectivity index (χ1n) is 13.0. The Morgan fingerprint density at radius 3 is 0.967 bits per heavy atom. The zero-order valence-corrected chi connectivity index (χ0v) is 23.6. The summed E-state index contributed by atoms with van der Waals surface area (Å²) in [7, 11) is -4.13. The molecule has 0 spiro atoms. The third-order valence-corrected chi connectivity index (χ3v) is 7.46. The van der Waals surface area contributed by atoms with Gasteiger partial charge in [-0.3, -0.25) is 0 Å². The van der Waals surface area contributed by atoms with Gasteiger partial charge in [0.25, 0.3) is 0 Å². The summed E-state index contributed by atoms with van der Waals surface area (Å²) < 4.78 is 34.6. The fourth-order valence-electron chi connectivity index (χ4n) is 4.15. The van der Waals surface area contributed by atoms with E-state index in [2.05, 4.69) is 13.8 Å². The number of hydrogen-bond donors (Lipinski definition) is 0. The molecule has 0 N–H and O–H groups in total. The molecule has 0 aromatic rings. The number of unbranched alkanes of at least 4 members (excludes halogenated alkanes) is 18. The maximum Gasteiger partial charge on any atom is 1.00 e. The Morgan fingerprint density at radius 1 is 0.500 bits per heavy atom. The van der Waals surface area contributed by atoms with E-state index in [9.17, 15) is 13.0 Å². The van der Waals surface area contributed by atoms with Crippen LogP contribution < -0.4 is 29.6 Å². The van der Waals surface area contributed by atoms with E-state index in [1.807, 2.05) is 0 Å². The third-order valence-electron chi connectivity index (χ3n) is 6.17.